The Morgan fingerprint density at radius 1 is 1.37 bits per heavy atom. The van der Waals surface area contributed by atoms with Crippen molar-refractivity contribution >= 4 is 11.9 Å². The van der Waals surface area contributed by atoms with Crippen molar-refractivity contribution in [2.45, 2.75) is 13.5 Å². The fourth-order valence-corrected chi connectivity index (χ4v) is 1.62. The third-order valence-corrected chi connectivity index (χ3v) is 2.41. The second-order valence-electron chi connectivity index (χ2n) is 4.09. The van der Waals surface area contributed by atoms with E-state index in [-0.39, 0.29) is 12.0 Å². The van der Waals surface area contributed by atoms with Crippen LogP contribution in [0, 0.1) is 0 Å². The van der Waals surface area contributed by atoms with Gasteiger partial charge in [0.05, 0.1) is 12.8 Å². The molecule has 0 radical (unpaired) electrons. The van der Waals surface area contributed by atoms with Gasteiger partial charge in [0.2, 0.25) is 11.9 Å². The van der Waals surface area contributed by atoms with Crippen molar-refractivity contribution in [2.75, 3.05) is 24.3 Å². The van der Waals surface area contributed by atoms with Gasteiger partial charge >= 0.3 is 6.01 Å². The molecular weight excluding hydrogens is 246 g/mol. The summed E-state index contributed by atoms with van der Waals surface area (Å²) >= 11 is 0. The van der Waals surface area contributed by atoms with Gasteiger partial charge in [0, 0.05) is 32.4 Å². The van der Waals surface area contributed by atoms with Crippen LogP contribution in [0.1, 0.15) is 12.5 Å². The van der Waals surface area contributed by atoms with Crippen LogP contribution in [0.15, 0.2) is 12.4 Å². The topological polar surface area (TPSA) is 95.0 Å². The molecule has 0 unspecified atom stereocenters. The minimum atomic E-state index is 0.145. The molecule has 0 amide bonds. The maximum absolute atomic E-state index is 5.64. The normalized spacial score (nSPS) is 10.5. The molecule has 8 heteroatoms. The van der Waals surface area contributed by atoms with Crippen molar-refractivity contribution in [3.63, 3.8) is 0 Å². The molecule has 0 aliphatic carbocycles. The molecule has 2 aromatic rings. The fraction of sp³-hybridized carbons (Fsp3) is 0.455. The summed E-state index contributed by atoms with van der Waals surface area (Å²) in [6.45, 7) is 2.97. The summed E-state index contributed by atoms with van der Waals surface area (Å²) in [6, 6.07) is 0.239. The molecule has 0 saturated heterocycles. The third kappa shape index (κ3) is 3.30. The lowest BCUT2D eigenvalue weighted by Gasteiger charge is -2.16. The van der Waals surface area contributed by atoms with Gasteiger partial charge in [-0.3, -0.25) is 4.68 Å². The van der Waals surface area contributed by atoms with Gasteiger partial charge < -0.3 is 15.4 Å². The van der Waals surface area contributed by atoms with Crippen molar-refractivity contribution in [3.05, 3.63) is 18.0 Å². The van der Waals surface area contributed by atoms with Crippen LogP contribution in [-0.2, 0) is 13.6 Å². The second kappa shape index (κ2) is 5.51. The number of hydrogen-bond donors (Lipinski definition) is 1. The van der Waals surface area contributed by atoms with Crippen LogP contribution in [-0.4, -0.2) is 38.4 Å². The number of nitrogen functional groups attached to an aromatic ring is 1. The van der Waals surface area contributed by atoms with Crippen LogP contribution < -0.4 is 15.4 Å². The Bertz CT molecular complexity index is 554. The summed E-state index contributed by atoms with van der Waals surface area (Å²) in [6.07, 6.45) is 3.73. The minimum Gasteiger partial charge on any atom is -0.464 e. The van der Waals surface area contributed by atoms with Gasteiger partial charge in [-0.25, -0.2) is 0 Å². The van der Waals surface area contributed by atoms with E-state index in [1.54, 1.807) is 10.9 Å². The van der Waals surface area contributed by atoms with Crippen LogP contribution >= 0.6 is 0 Å². The summed E-state index contributed by atoms with van der Waals surface area (Å²) in [5.41, 5.74) is 6.70. The Morgan fingerprint density at radius 3 is 2.79 bits per heavy atom. The zero-order valence-electron chi connectivity index (χ0n) is 11.2. The molecule has 0 aliphatic heterocycles. The first-order valence-corrected chi connectivity index (χ1v) is 5.91. The van der Waals surface area contributed by atoms with Crippen LogP contribution in [0.3, 0.4) is 0 Å². The van der Waals surface area contributed by atoms with Gasteiger partial charge in [-0.05, 0) is 6.92 Å². The van der Waals surface area contributed by atoms with E-state index in [0.717, 1.165) is 5.56 Å². The lowest BCUT2D eigenvalue weighted by Crippen LogP contribution is -2.20. The van der Waals surface area contributed by atoms with E-state index in [9.17, 15) is 0 Å². The van der Waals surface area contributed by atoms with E-state index in [2.05, 4.69) is 20.1 Å². The van der Waals surface area contributed by atoms with E-state index >= 15 is 0 Å². The van der Waals surface area contributed by atoms with Gasteiger partial charge in [0.1, 0.15) is 0 Å². The fourth-order valence-electron chi connectivity index (χ4n) is 1.62. The molecule has 2 rings (SSSR count). The summed E-state index contributed by atoms with van der Waals surface area (Å²) in [7, 11) is 3.75. The van der Waals surface area contributed by atoms with Gasteiger partial charge in [-0.15, -0.1) is 0 Å². The SMILES string of the molecule is CCOc1nc(N)nc(N(C)Cc2cnn(C)c2)n1. The molecule has 0 atom stereocenters. The van der Waals surface area contributed by atoms with E-state index in [0.29, 0.717) is 19.1 Å². The Labute approximate surface area is 111 Å². The highest BCUT2D eigenvalue weighted by Gasteiger charge is 2.10. The van der Waals surface area contributed by atoms with Gasteiger partial charge in [-0.1, -0.05) is 0 Å². The van der Waals surface area contributed by atoms with Crippen LogP contribution in [0.25, 0.3) is 0 Å². The average molecular weight is 263 g/mol. The molecular formula is C11H17N7O. The monoisotopic (exact) mass is 263 g/mol. The van der Waals surface area contributed by atoms with Gasteiger partial charge in [0.15, 0.2) is 0 Å². The second-order valence-corrected chi connectivity index (χ2v) is 4.09. The molecule has 0 aromatic carbocycles. The van der Waals surface area contributed by atoms with E-state index < -0.39 is 0 Å². The van der Waals surface area contributed by atoms with E-state index in [1.807, 2.05) is 32.1 Å². The first-order valence-electron chi connectivity index (χ1n) is 5.91. The number of nitrogens with zero attached hydrogens (tertiary/aromatic N) is 6. The molecule has 102 valence electrons. The van der Waals surface area contributed by atoms with E-state index in [1.165, 1.54) is 0 Å². The highest BCUT2D eigenvalue weighted by Crippen LogP contribution is 2.14. The van der Waals surface area contributed by atoms with E-state index in [4.69, 9.17) is 10.5 Å². The highest BCUT2D eigenvalue weighted by molar-refractivity contribution is 5.35. The average Bonchev–Trinajstić information content (AvgIpc) is 2.74. The van der Waals surface area contributed by atoms with Gasteiger partial charge in [0.25, 0.3) is 0 Å². The van der Waals surface area contributed by atoms with Crippen molar-refractivity contribution in [1.82, 2.24) is 24.7 Å². The maximum Gasteiger partial charge on any atom is 0.323 e. The van der Waals surface area contributed by atoms with Crippen LogP contribution in [0.5, 0.6) is 6.01 Å². The molecule has 0 saturated carbocycles. The molecule has 0 bridgehead atoms. The largest absolute Gasteiger partial charge is 0.464 e. The van der Waals surface area contributed by atoms with Gasteiger partial charge in [-0.2, -0.15) is 20.1 Å². The van der Waals surface area contributed by atoms with Crippen LogP contribution in [0.4, 0.5) is 11.9 Å². The third-order valence-electron chi connectivity index (χ3n) is 2.41. The molecule has 0 fully saturated rings. The summed E-state index contributed by atoms with van der Waals surface area (Å²) in [4.78, 5) is 14.1. The lowest BCUT2D eigenvalue weighted by atomic mass is 10.3. The number of aromatic nitrogens is 5. The summed E-state index contributed by atoms with van der Waals surface area (Å²) in [5, 5.41) is 4.12. The zero-order valence-corrected chi connectivity index (χ0v) is 11.2. The van der Waals surface area contributed by atoms with Crippen LogP contribution in [0.2, 0.25) is 0 Å². The molecule has 0 aliphatic rings. The number of nitrogens with two attached hydrogens (primary N) is 1. The first kappa shape index (κ1) is 13.1. The number of rotatable bonds is 5. The van der Waals surface area contributed by atoms with Crippen molar-refractivity contribution in [3.8, 4) is 6.01 Å². The smallest absolute Gasteiger partial charge is 0.323 e. The molecule has 0 spiro atoms. The van der Waals surface area contributed by atoms with Crippen molar-refractivity contribution < 1.29 is 4.74 Å². The Hall–Kier alpha value is -2.38. The number of aryl methyl sites for hydroxylation is 1. The quantitative estimate of drug-likeness (QED) is 0.824. The summed E-state index contributed by atoms with van der Waals surface area (Å²) in [5.74, 6) is 0.617. The lowest BCUT2D eigenvalue weighted by molar-refractivity contribution is 0.312. The minimum absolute atomic E-state index is 0.145. The molecule has 2 heterocycles. The predicted octanol–water partition coefficient (Wildman–Crippen LogP) is 0.222. The Morgan fingerprint density at radius 2 is 2.16 bits per heavy atom. The molecule has 19 heavy (non-hydrogen) atoms. The number of ether oxygens (including phenoxy) is 1. The first-order chi connectivity index (χ1) is 9.08. The highest BCUT2D eigenvalue weighted by atomic mass is 16.5. The molecule has 2 aromatic heterocycles. The van der Waals surface area contributed by atoms with Crippen molar-refractivity contribution in [1.29, 1.82) is 0 Å². The standard InChI is InChI=1S/C11H17N7O/c1-4-19-11-15-9(12)14-10(16-11)17(2)6-8-5-13-18(3)7-8/h5,7H,4,6H2,1-3H3,(H2,12,14,15,16). The number of hydrogen-bond acceptors (Lipinski definition) is 7. The zero-order chi connectivity index (χ0) is 13.8. The Kier molecular flexibility index (Phi) is 3.79. The maximum atomic E-state index is 5.64. The molecule has 2 N–H and O–H groups in total. The predicted molar refractivity (Wildman–Crippen MR) is 70.7 cm³/mol. The molecule has 8 nitrogen and oxygen atoms in total. The van der Waals surface area contributed by atoms with Crippen molar-refractivity contribution in [2.24, 2.45) is 7.05 Å². The summed E-state index contributed by atoms with van der Waals surface area (Å²) < 4.78 is 6.99. The number of anilines is 2. The Balaban J connectivity index is 2.15.